The standard InChI is InChI=1S/C14H18N2O/c1-9(2)17-10-3-4-13-11(7-10)12-8-15-6-5-14(12)16-13/h3-4,7,9,15-16H,5-6,8H2,1-2H3. The molecule has 3 heteroatoms. The molecule has 1 aliphatic heterocycles. The zero-order valence-electron chi connectivity index (χ0n) is 10.3. The van der Waals surface area contributed by atoms with Crippen molar-refractivity contribution in [2.45, 2.75) is 32.9 Å². The number of H-pyrrole nitrogens is 1. The molecule has 0 bridgehead atoms. The van der Waals surface area contributed by atoms with E-state index in [1.165, 1.54) is 22.2 Å². The van der Waals surface area contributed by atoms with Gasteiger partial charge in [0.25, 0.3) is 0 Å². The van der Waals surface area contributed by atoms with E-state index < -0.39 is 0 Å². The first-order valence-electron chi connectivity index (χ1n) is 6.25. The molecule has 1 aliphatic rings. The summed E-state index contributed by atoms with van der Waals surface area (Å²) in [6.45, 7) is 6.13. The van der Waals surface area contributed by atoms with Gasteiger partial charge in [0.15, 0.2) is 0 Å². The fourth-order valence-corrected chi connectivity index (χ4v) is 2.47. The number of hydrogen-bond donors (Lipinski definition) is 2. The van der Waals surface area contributed by atoms with Crippen molar-refractivity contribution in [3.05, 3.63) is 29.5 Å². The summed E-state index contributed by atoms with van der Waals surface area (Å²) in [6, 6.07) is 6.31. The van der Waals surface area contributed by atoms with Gasteiger partial charge in [-0.15, -0.1) is 0 Å². The number of fused-ring (bicyclic) bond motifs is 3. The van der Waals surface area contributed by atoms with Crippen LogP contribution in [0.1, 0.15) is 25.1 Å². The number of hydrogen-bond acceptors (Lipinski definition) is 2. The Labute approximate surface area is 101 Å². The van der Waals surface area contributed by atoms with Gasteiger partial charge in [0.2, 0.25) is 0 Å². The van der Waals surface area contributed by atoms with E-state index >= 15 is 0 Å². The number of nitrogens with one attached hydrogen (secondary N) is 2. The Kier molecular flexibility index (Phi) is 2.56. The second-order valence-electron chi connectivity index (χ2n) is 4.88. The lowest BCUT2D eigenvalue weighted by molar-refractivity contribution is 0.243. The predicted octanol–water partition coefficient (Wildman–Crippen LogP) is 2.60. The van der Waals surface area contributed by atoms with Crippen LogP contribution in [0.15, 0.2) is 18.2 Å². The summed E-state index contributed by atoms with van der Waals surface area (Å²) in [4.78, 5) is 3.50. The highest BCUT2D eigenvalue weighted by Crippen LogP contribution is 2.28. The Morgan fingerprint density at radius 3 is 3.00 bits per heavy atom. The van der Waals surface area contributed by atoms with E-state index in [2.05, 4.69) is 36.3 Å². The lowest BCUT2D eigenvalue weighted by atomic mass is 10.1. The normalized spacial score (nSPS) is 15.2. The molecule has 1 aromatic carbocycles. The highest BCUT2D eigenvalue weighted by molar-refractivity contribution is 5.86. The van der Waals surface area contributed by atoms with Crippen molar-refractivity contribution in [2.24, 2.45) is 0 Å². The van der Waals surface area contributed by atoms with E-state index in [1.807, 2.05) is 6.07 Å². The number of aromatic amines is 1. The van der Waals surface area contributed by atoms with Crippen LogP contribution in [0, 0.1) is 0 Å². The van der Waals surface area contributed by atoms with Gasteiger partial charge in [-0.1, -0.05) is 0 Å². The maximum absolute atomic E-state index is 5.75. The lowest BCUT2D eigenvalue weighted by Gasteiger charge is -2.13. The minimum absolute atomic E-state index is 0.223. The molecule has 1 aromatic heterocycles. The minimum Gasteiger partial charge on any atom is -0.491 e. The number of benzene rings is 1. The summed E-state index contributed by atoms with van der Waals surface area (Å²) in [5.41, 5.74) is 4.00. The topological polar surface area (TPSA) is 37.0 Å². The second-order valence-corrected chi connectivity index (χ2v) is 4.88. The molecule has 90 valence electrons. The maximum atomic E-state index is 5.75. The van der Waals surface area contributed by atoms with Crippen LogP contribution in [0.3, 0.4) is 0 Å². The fourth-order valence-electron chi connectivity index (χ4n) is 2.47. The Morgan fingerprint density at radius 2 is 2.18 bits per heavy atom. The average molecular weight is 230 g/mol. The Morgan fingerprint density at radius 1 is 1.29 bits per heavy atom. The molecule has 0 saturated heterocycles. The second kappa shape index (κ2) is 4.08. The smallest absolute Gasteiger partial charge is 0.120 e. The predicted molar refractivity (Wildman–Crippen MR) is 69.5 cm³/mol. The van der Waals surface area contributed by atoms with Gasteiger partial charge in [-0.3, -0.25) is 0 Å². The molecule has 0 spiro atoms. The molecule has 0 radical (unpaired) electrons. The van der Waals surface area contributed by atoms with Gasteiger partial charge in [-0.2, -0.15) is 0 Å². The van der Waals surface area contributed by atoms with Crippen LogP contribution >= 0.6 is 0 Å². The molecule has 2 heterocycles. The lowest BCUT2D eigenvalue weighted by Crippen LogP contribution is -2.22. The molecular weight excluding hydrogens is 212 g/mol. The summed E-state index contributed by atoms with van der Waals surface area (Å²) in [5, 5.41) is 4.72. The molecule has 3 rings (SSSR count). The largest absolute Gasteiger partial charge is 0.491 e. The van der Waals surface area contributed by atoms with Crippen LogP contribution in [0.25, 0.3) is 10.9 Å². The monoisotopic (exact) mass is 230 g/mol. The van der Waals surface area contributed by atoms with Crippen LogP contribution in [0.5, 0.6) is 5.75 Å². The van der Waals surface area contributed by atoms with Crippen molar-refractivity contribution < 1.29 is 4.74 Å². The van der Waals surface area contributed by atoms with Crippen LogP contribution in [-0.4, -0.2) is 17.6 Å². The quantitative estimate of drug-likeness (QED) is 0.832. The van der Waals surface area contributed by atoms with Crippen molar-refractivity contribution in [2.75, 3.05) is 6.54 Å². The van der Waals surface area contributed by atoms with Crippen LogP contribution < -0.4 is 10.1 Å². The molecule has 0 atom stereocenters. The molecule has 17 heavy (non-hydrogen) atoms. The van der Waals surface area contributed by atoms with Gasteiger partial charge >= 0.3 is 0 Å². The van der Waals surface area contributed by atoms with Gasteiger partial charge in [-0.25, -0.2) is 0 Å². The molecule has 0 amide bonds. The fraction of sp³-hybridized carbons (Fsp3) is 0.429. The molecule has 0 fully saturated rings. The third-order valence-electron chi connectivity index (χ3n) is 3.19. The van der Waals surface area contributed by atoms with Crippen LogP contribution in [0.2, 0.25) is 0 Å². The van der Waals surface area contributed by atoms with E-state index in [4.69, 9.17) is 4.74 Å². The van der Waals surface area contributed by atoms with Gasteiger partial charge in [-0.05, 0) is 37.6 Å². The molecule has 3 nitrogen and oxygen atoms in total. The molecule has 2 aromatic rings. The van der Waals surface area contributed by atoms with Gasteiger partial charge in [0.1, 0.15) is 5.75 Å². The van der Waals surface area contributed by atoms with E-state index in [9.17, 15) is 0 Å². The summed E-state index contributed by atoms with van der Waals surface area (Å²) in [5.74, 6) is 0.958. The van der Waals surface area contributed by atoms with Gasteiger partial charge in [0, 0.05) is 36.1 Å². The zero-order valence-corrected chi connectivity index (χ0v) is 10.3. The first kappa shape index (κ1) is 10.7. The zero-order chi connectivity index (χ0) is 11.8. The third kappa shape index (κ3) is 1.91. The molecular formula is C14H18N2O. The highest BCUT2D eigenvalue weighted by atomic mass is 16.5. The molecule has 0 aliphatic carbocycles. The third-order valence-corrected chi connectivity index (χ3v) is 3.19. The van der Waals surface area contributed by atoms with Gasteiger partial charge in [0.05, 0.1) is 6.10 Å². The molecule has 0 unspecified atom stereocenters. The Balaban J connectivity index is 2.08. The van der Waals surface area contributed by atoms with Crippen molar-refractivity contribution in [3.63, 3.8) is 0 Å². The van der Waals surface area contributed by atoms with Crippen LogP contribution in [0.4, 0.5) is 0 Å². The molecule has 0 saturated carbocycles. The van der Waals surface area contributed by atoms with Gasteiger partial charge < -0.3 is 15.0 Å². The first-order chi connectivity index (χ1) is 8.24. The summed E-state index contributed by atoms with van der Waals surface area (Å²) in [6.07, 6.45) is 1.31. The summed E-state index contributed by atoms with van der Waals surface area (Å²) < 4.78 is 5.75. The highest BCUT2D eigenvalue weighted by Gasteiger charge is 2.15. The Hall–Kier alpha value is -1.48. The molecule has 2 N–H and O–H groups in total. The SMILES string of the molecule is CC(C)Oc1ccc2[nH]c3c(c2c1)CNCC3. The minimum atomic E-state index is 0.223. The number of aromatic nitrogens is 1. The van der Waals surface area contributed by atoms with Crippen molar-refractivity contribution in [1.82, 2.24) is 10.3 Å². The van der Waals surface area contributed by atoms with E-state index in [1.54, 1.807) is 0 Å². The van der Waals surface area contributed by atoms with Crippen LogP contribution in [-0.2, 0) is 13.0 Å². The Bertz CT molecular complexity index is 542. The average Bonchev–Trinajstić information content (AvgIpc) is 2.66. The van der Waals surface area contributed by atoms with Crippen molar-refractivity contribution in [3.8, 4) is 5.75 Å². The van der Waals surface area contributed by atoms with E-state index in [-0.39, 0.29) is 6.10 Å². The first-order valence-corrected chi connectivity index (χ1v) is 6.25. The van der Waals surface area contributed by atoms with Crippen molar-refractivity contribution >= 4 is 10.9 Å². The number of rotatable bonds is 2. The van der Waals surface area contributed by atoms with Crippen molar-refractivity contribution in [1.29, 1.82) is 0 Å². The number of ether oxygens (including phenoxy) is 1. The summed E-state index contributed by atoms with van der Waals surface area (Å²) in [7, 11) is 0. The summed E-state index contributed by atoms with van der Waals surface area (Å²) >= 11 is 0. The van der Waals surface area contributed by atoms with E-state index in [0.717, 1.165) is 25.3 Å². The van der Waals surface area contributed by atoms with E-state index in [0.29, 0.717) is 0 Å². The maximum Gasteiger partial charge on any atom is 0.120 e.